The zero-order valence-corrected chi connectivity index (χ0v) is 20.7. The smallest absolute Gasteiger partial charge is 0.357 e. The summed E-state index contributed by atoms with van der Waals surface area (Å²) in [6.07, 6.45) is -2.48. The van der Waals surface area contributed by atoms with Gasteiger partial charge in [0.15, 0.2) is 5.96 Å². The molecule has 176 valence electrons. The van der Waals surface area contributed by atoms with Gasteiger partial charge in [0, 0.05) is 45.5 Å². The lowest BCUT2D eigenvalue weighted by atomic mass is 10.1. The molecule has 1 aromatic heterocycles. The molecule has 1 aliphatic heterocycles. The summed E-state index contributed by atoms with van der Waals surface area (Å²) in [7, 11) is 2.12. The van der Waals surface area contributed by atoms with Crippen molar-refractivity contribution in [3.05, 3.63) is 59.3 Å². The molecule has 0 bridgehead atoms. The van der Waals surface area contributed by atoms with E-state index in [2.05, 4.69) is 37.5 Å². The number of anilines is 1. The summed E-state index contributed by atoms with van der Waals surface area (Å²) in [4.78, 5) is 13.7. The number of nitrogens with one attached hydrogen (secondary N) is 2. The molecule has 1 aromatic carbocycles. The van der Waals surface area contributed by atoms with Gasteiger partial charge in [0.25, 0.3) is 0 Å². The predicted octanol–water partition coefficient (Wildman–Crippen LogP) is 3.73. The van der Waals surface area contributed by atoms with Gasteiger partial charge in [-0.3, -0.25) is 0 Å². The Bertz CT molecular complexity index is 847. The number of benzene rings is 1. The number of alkyl halides is 3. The molecule has 1 saturated heterocycles. The number of hydrogen-bond acceptors (Lipinski definition) is 4. The Labute approximate surface area is 204 Å². The van der Waals surface area contributed by atoms with Crippen LogP contribution in [0.15, 0.2) is 47.6 Å². The second kappa shape index (κ2) is 12.2. The minimum absolute atomic E-state index is 0. The molecule has 2 N–H and O–H groups in total. The maximum atomic E-state index is 12.7. The van der Waals surface area contributed by atoms with Gasteiger partial charge in [0.05, 0.1) is 12.1 Å². The van der Waals surface area contributed by atoms with Crippen molar-refractivity contribution < 1.29 is 13.2 Å². The van der Waals surface area contributed by atoms with E-state index >= 15 is 0 Å². The number of halogens is 4. The minimum Gasteiger partial charge on any atom is -0.357 e. The second-order valence-electron chi connectivity index (χ2n) is 7.56. The molecule has 0 amide bonds. The molecule has 0 unspecified atom stereocenters. The van der Waals surface area contributed by atoms with Crippen LogP contribution in [-0.2, 0) is 19.3 Å². The number of rotatable bonds is 6. The average molecular weight is 562 g/mol. The summed E-state index contributed by atoms with van der Waals surface area (Å²) in [5, 5.41) is 6.31. The molecular weight excluding hydrogens is 532 g/mol. The molecule has 0 saturated carbocycles. The van der Waals surface area contributed by atoms with E-state index in [1.807, 2.05) is 25.3 Å². The van der Waals surface area contributed by atoms with Crippen LogP contribution < -0.4 is 15.5 Å². The molecule has 1 aliphatic rings. The first-order chi connectivity index (χ1) is 14.8. The highest BCUT2D eigenvalue weighted by Crippen LogP contribution is 2.29. The highest BCUT2D eigenvalue weighted by atomic mass is 127. The van der Waals surface area contributed by atoms with E-state index in [9.17, 15) is 13.2 Å². The lowest BCUT2D eigenvalue weighted by Gasteiger charge is -2.33. The van der Waals surface area contributed by atoms with E-state index in [1.165, 1.54) is 12.1 Å². The lowest BCUT2D eigenvalue weighted by molar-refractivity contribution is -0.137. The SMILES string of the molecule is CCNC(=NCc1ccc(N2CCN(C)CC2)nc1)NCc1ccc(C(F)(F)F)cc1.I. The first kappa shape index (κ1) is 26.2. The maximum Gasteiger partial charge on any atom is 0.416 e. The van der Waals surface area contributed by atoms with Crippen LogP contribution >= 0.6 is 24.0 Å². The van der Waals surface area contributed by atoms with E-state index in [4.69, 9.17) is 0 Å². The Balaban J connectivity index is 0.00000363. The highest BCUT2D eigenvalue weighted by Gasteiger charge is 2.29. The molecular formula is C22H30F3IN6. The van der Waals surface area contributed by atoms with Gasteiger partial charge in [-0.25, -0.2) is 9.98 Å². The number of aromatic nitrogens is 1. The topological polar surface area (TPSA) is 55.8 Å². The largest absolute Gasteiger partial charge is 0.416 e. The zero-order valence-electron chi connectivity index (χ0n) is 18.3. The van der Waals surface area contributed by atoms with Gasteiger partial charge in [0.1, 0.15) is 5.82 Å². The van der Waals surface area contributed by atoms with E-state index < -0.39 is 11.7 Å². The van der Waals surface area contributed by atoms with Crippen molar-refractivity contribution >= 4 is 35.8 Å². The van der Waals surface area contributed by atoms with Gasteiger partial charge in [-0.2, -0.15) is 13.2 Å². The van der Waals surface area contributed by atoms with Gasteiger partial charge in [0.2, 0.25) is 0 Å². The number of guanidine groups is 1. The monoisotopic (exact) mass is 562 g/mol. The van der Waals surface area contributed by atoms with Gasteiger partial charge >= 0.3 is 6.18 Å². The Morgan fingerprint density at radius 1 is 1.00 bits per heavy atom. The molecule has 3 rings (SSSR count). The quantitative estimate of drug-likeness (QED) is 0.320. The molecule has 0 radical (unpaired) electrons. The summed E-state index contributed by atoms with van der Waals surface area (Å²) in [6.45, 7) is 7.48. The third kappa shape index (κ3) is 7.80. The molecule has 2 heterocycles. The van der Waals surface area contributed by atoms with E-state index in [0.29, 0.717) is 25.6 Å². The van der Waals surface area contributed by atoms with Crippen molar-refractivity contribution in [2.45, 2.75) is 26.2 Å². The lowest BCUT2D eigenvalue weighted by Crippen LogP contribution is -2.44. The summed E-state index contributed by atoms with van der Waals surface area (Å²) in [6, 6.07) is 9.19. The Kier molecular flexibility index (Phi) is 10.0. The van der Waals surface area contributed by atoms with Crippen molar-refractivity contribution in [1.29, 1.82) is 0 Å². The van der Waals surface area contributed by atoms with E-state index in [0.717, 1.165) is 55.3 Å². The van der Waals surface area contributed by atoms with Crippen LogP contribution in [0, 0.1) is 0 Å². The van der Waals surface area contributed by atoms with Gasteiger partial charge in [-0.05, 0) is 43.3 Å². The Morgan fingerprint density at radius 2 is 1.66 bits per heavy atom. The van der Waals surface area contributed by atoms with Crippen LogP contribution in [-0.4, -0.2) is 55.6 Å². The fourth-order valence-corrected chi connectivity index (χ4v) is 3.24. The maximum absolute atomic E-state index is 12.7. The van der Waals surface area contributed by atoms with Crippen LogP contribution in [0.4, 0.5) is 19.0 Å². The van der Waals surface area contributed by atoms with Crippen molar-refractivity contribution in [1.82, 2.24) is 20.5 Å². The molecule has 32 heavy (non-hydrogen) atoms. The molecule has 1 fully saturated rings. The molecule has 2 aromatic rings. The number of aliphatic imine (C=N–C) groups is 1. The van der Waals surface area contributed by atoms with Gasteiger partial charge in [-0.1, -0.05) is 18.2 Å². The van der Waals surface area contributed by atoms with Gasteiger partial charge < -0.3 is 20.4 Å². The van der Waals surface area contributed by atoms with Crippen LogP contribution in [0.2, 0.25) is 0 Å². The first-order valence-electron chi connectivity index (χ1n) is 10.4. The molecule has 0 aliphatic carbocycles. The van der Waals surface area contributed by atoms with E-state index in [1.54, 1.807) is 0 Å². The third-order valence-electron chi connectivity index (χ3n) is 5.14. The number of pyridine rings is 1. The number of piperazine rings is 1. The number of hydrogen-bond donors (Lipinski definition) is 2. The van der Waals surface area contributed by atoms with Crippen LogP contribution in [0.5, 0.6) is 0 Å². The van der Waals surface area contributed by atoms with Crippen molar-refractivity contribution in [2.24, 2.45) is 4.99 Å². The van der Waals surface area contributed by atoms with Crippen molar-refractivity contribution in [3.8, 4) is 0 Å². The second-order valence-corrected chi connectivity index (χ2v) is 7.56. The average Bonchev–Trinajstić information content (AvgIpc) is 2.76. The summed E-state index contributed by atoms with van der Waals surface area (Å²) in [5.74, 6) is 1.58. The normalized spacial score (nSPS) is 15.3. The number of likely N-dealkylation sites (N-methyl/N-ethyl adjacent to an activating group) is 1. The zero-order chi connectivity index (χ0) is 22.3. The summed E-state index contributed by atoms with van der Waals surface area (Å²) in [5.41, 5.74) is 1.09. The molecule has 6 nitrogen and oxygen atoms in total. The van der Waals surface area contributed by atoms with Crippen molar-refractivity contribution in [2.75, 3.05) is 44.7 Å². The van der Waals surface area contributed by atoms with E-state index in [-0.39, 0.29) is 24.0 Å². The number of nitrogens with zero attached hydrogens (tertiary/aromatic N) is 4. The van der Waals surface area contributed by atoms with Crippen LogP contribution in [0.3, 0.4) is 0 Å². The predicted molar refractivity (Wildman–Crippen MR) is 132 cm³/mol. The summed E-state index contributed by atoms with van der Waals surface area (Å²) >= 11 is 0. The highest BCUT2D eigenvalue weighted by molar-refractivity contribution is 14.0. The Hall–Kier alpha value is -2.08. The first-order valence-corrected chi connectivity index (χ1v) is 10.4. The summed E-state index contributed by atoms with van der Waals surface area (Å²) < 4.78 is 38.1. The van der Waals surface area contributed by atoms with Crippen LogP contribution in [0.25, 0.3) is 0 Å². The van der Waals surface area contributed by atoms with Crippen LogP contribution in [0.1, 0.15) is 23.6 Å². The fourth-order valence-electron chi connectivity index (χ4n) is 3.24. The standard InChI is InChI=1S/C22H29F3N6.HI/c1-3-26-21(28-14-17-4-7-19(8-5-17)22(23,24)25)29-16-18-6-9-20(27-15-18)31-12-10-30(2)11-13-31;/h4-9,15H,3,10-14,16H2,1-2H3,(H2,26,28,29);1H. The van der Waals surface area contributed by atoms with Crippen molar-refractivity contribution in [3.63, 3.8) is 0 Å². The minimum atomic E-state index is -4.32. The fraction of sp³-hybridized carbons (Fsp3) is 0.455. The molecule has 0 atom stereocenters. The Morgan fingerprint density at radius 3 is 2.22 bits per heavy atom. The third-order valence-corrected chi connectivity index (χ3v) is 5.14. The molecule has 10 heteroatoms. The molecule has 0 spiro atoms. The van der Waals surface area contributed by atoms with Gasteiger partial charge in [-0.15, -0.1) is 24.0 Å².